The largest absolute Gasteiger partial charge is 0.396 e. The van der Waals surface area contributed by atoms with Gasteiger partial charge in [-0.05, 0) is 39.0 Å². The van der Waals surface area contributed by atoms with Crippen molar-refractivity contribution in [3.05, 3.63) is 0 Å². The molecule has 0 aromatic heterocycles. The maximum atomic E-state index is 8.79. The lowest BCUT2D eigenvalue weighted by Gasteiger charge is -2.30. The Morgan fingerprint density at radius 3 is 2.50 bits per heavy atom. The molecule has 0 spiro atoms. The number of rotatable bonds is 5. The quantitative estimate of drug-likeness (QED) is 0.704. The number of ether oxygens (including phenoxy) is 1. The van der Waals surface area contributed by atoms with Crippen LogP contribution in [0.3, 0.4) is 0 Å². The first-order chi connectivity index (χ1) is 6.76. The van der Waals surface area contributed by atoms with Gasteiger partial charge < -0.3 is 15.2 Å². The molecule has 1 saturated carbocycles. The zero-order chi connectivity index (χ0) is 10.4. The molecule has 1 fully saturated rings. The molecular formula is C11H23NO2. The van der Waals surface area contributed by atoms with Crippen LogP contribution in [0.1, 0.15) is 39.0 Å². The SMILES string of the molecule is COC1CCC(NC(C)CCO)CC1. The van der Waals surface area contributed by atoms with Gasteiger partial charge in [-0.15, -0.1) is 0 Å². The molecule has 14 heavy (non-hydrogen) atoms. The second kappa shape index (κ2) is 6.38. The average Bonchev–Trinajstić information content (AvgIpc) is 2.19. The van der Waals surface area contributed by atoms with Crippen molar-refractivity contribution in [2.24, 2.45) is 0 Å². The third-order valence-corrected chi connectivity index (χ3v) is 3.09. The molecule has 3 heteroatoms. The van der Waals surface area contributed by atoms with Crippen molar-refractivity contribution in [3.8, 4) is 0 Å². The van der Waals surface area contributed by atoms with Crippen LogP contribution in [0.15, 0.2) is 0 Å². The van der Waals surface area contributed by atoms with E-state index in [9.17, 15) is 0 Å². The van der Waals surface area contributed by atoms with E-state index in [0.717, 1.165) is 6.42 Å². The summed E-state index contributed by atoms with van der Waals surface area (Å²) in [5.74, 6) is 0. The first kappa shape index (κ1) is 12.0. The van der Waals surface area contributed by atoms with Crippen LogP contribution in [-0.2, 0) is 4.74 Å². The number of nitrogens with one attached hydrogen (secondary N) is 1. The summed E-state index contributed by atoms with van der Waals surface area (Å²) >= 11 is 0. The predicted octanol–water partition coefficient (Wildman–Crippen LogP) is 1.30. The maximum absolute atomic E-state index is 8.79. The number of hydrogen-bond acceptors (Lipinski definition) is 3. The van der Waals surface area contributed by atoms with Gasteiger partial charge in [0.2, 0.25) is 0 Å². The fraction of sp³-hybridized carbons (Fsp3) is 1.00. The molecule has 2 N–H and O–H groups in total. The Kier molecular flexibility index (Phi) is 5.45. The van der Waals surface area contributed by atoms with Gasteiger partial charge in [0.25, 0.3) is 0 Å². The van der Waals surface area contributed by atoms with Crippen molar-refractivity contribution < 1.29 is 9.84 Å². The summed E-state index contributed by atoms with van der Waals surface area (Å²) in [5.41, 5.74) is 0. The zero-order valence-corrected chi connectivity index (χ0v) is 9.33. The van der Waals surface area contributed by atoms with Crippen LogP contribution in [0.4, 0.5) is 0 Å². The number of aliphatic hydroxyl groups is 1. The fourth-order valence-electron chi connectivity index (χ4n) is 2.14. The van der Waals surface area contributed by atoms with E-state index in [1.807, 2.05) is 0 Å². The van der Waals surface area contributed by atoms with Crippen molar-refractivity contribution in [1.29, 1.82) is 0 Å². The molecule has 0 heterocycles. The first-order valence-electron chi connectivity index (χ1n) is 5.66. The van der Waals surface area contributed by atoms with E-state index in [2.05, 4.69) is 12.2 Å². The molecule has 84 valence electrons. The minimum absolute atomic E-state index is 0.279. The van der Waals surface area contributed by atoms with Crippen LogP contribution in [0.25, 0.3) is 0 Å². The third kappa shape index (κ3) is 3.95. The summed E-state index contributed by atoms with van der Waals surface area (Å²) in [6, 6.07) is 1.06. The summed E-state index contributed by atoms with van der Waals surface area (Å²) < 4.78 is 5.32. The Balaban J connectivity index is 2.15. The van der Waals surface area contributed by atoms with E-state index in [1.165, 1.54) is 25.7 Å². The first-order valence-corrected chi connectivity index (χ1v) is 5.66. The highest BCUT2D eigenvalue weighted by molar-refractivity contribution is 4.79. The topological polar surface area (TPSA) is 41.5 Å². The van der Waals surface area contributed by atoms with E-state index in [-0.39, 0.29) is 6.61 Å². The fourth-order valence-corrected chi connectivity index (χ4v) is 2.14. The van der Waals surface area contributed by atoms with Gasteiger partial charge >= 0.3 is 0 Å². The summed E-state index contributed by atoms with van der Waals surface area (Å²) in [6.45, 7) is 2.42. The summed E-state index contributed by atoms with van der Waals surface area (Å²) in [7, 11) is 1.80. The standard InChI is InChI=1S/C11H23NO2/c1-9(7-8-13)12-10-3-5-11(14-2)6-4-10/h9-13H,3-8H2,1-2H3. The van der Waals surface area contributed by atoms with Crippen LogP contribution >= 0.6 is 0 Å². The van der Waals surface area contributed by atoms with Crippen LogP contribution in [0.5, 0.6) is 0 Å². The Morgan fingerprint density at radius 2 is 2.00 bits per heavy atom. The highest BCUT2D eigenvalue weighted by atomic mass is 16.5. The normalized spacial score (nSPS) is 30.2. The highest BCUT2D eigenvalue weighted by Gasteiger charge is 2.21. The average molecular weight is 201 g/mol. The lowest BCUT2D eigenvalue weighted by Crippen LogP contribution is -2.40. The number of methoxy groups -OCH3 is 1. The molecule has 0 bridgehead atoms. The molecule has 1 unspecified atom stereocenters. The van der Waals surface area contributed by atoms with Crippen LogP contribution in [-0.4, -0.2) is 37.0 Å². The Morgan fingerprint density at radius 1 is 1.36 bits per heavy atom. The van der Waals surface area contributed by atoms with Gasteiger partial charge in [0, 0.05) is 25.8 Å². The maximum Gasteiger partial charge on any atom is 0.0572 e. The predicted molar refractivity (Wildman–Crippen MR) is 57.4 cm³/mol. The Labute approximate surface area is 86.8 Å². The second-order valence-corrected chi connectivity index (χ2v) is 4.29. The minimum Gasteiger partial charge on any atom is -0.396 e. The van der Waals surface area contributed by atoms with E-state index in [1.54, 1.807) is 7.11 Å². The number of hydrogen-bond donors (Lipinski definition) is 2. The molecule has 0 aliphatic heterocycles. The van der Waals surface area contributed by atoms with Gasteiger partial charge in [-0.1, -0.05) is 0 Å². The van der Waals surface area contributed by atoms with Crippen LogP contribution < -0.4 is 5.32 Å². The van der Waals surface area contributed by atoms with Crippen molar-refractivity contribution >= 4 is 0 Å². The zero-order valence-electron chi connectivity index (χ0n) is 9.33. The smallest absolute Gasteiger partial charge is 0.0572 e. The van der Waals surface area contributed by atoms with Gasteiger partial charge in [0.05, 0.1) is 6.10 Å². The van der Waals surface area contributed by atoms with Gasteiger partial charge in [0.15, 0.2) is 0 Å². The van der Waals surface area contributed by atoms with E-state index >= 15 is 0 Å². The minimum atomic E-state index is 0.279. The molecule has 0 amide bonds. The molecular weight excluding hydrogens is 178 g/mol. The second-order valence-electron chi connectivity index (χ2n) is 4.29. The van der Waals surface area contributed by atoms with E-state index < -0.39 is 0 Å². The van der Waals surface area contributed by atoms with Crippen LogP contribution in [0, 0.1) is 0 Å². The van der Waals surface area contributed by atoms with Crippen molar-refractivity contribution in [1.82, 2.24) is 5.32 Å². The van der Waals surface area contributed by atoms with E-state index in [4.69, 9.17) is 9.84 Å². The molecule has 1 rings (SSSR count). The van der Waals surface area contributed by atoms with Gasteiger partial charge in [-0.25, -0.2) is 0 Å². The van der Waals surface area contributed by atoms with Gasteiger partial charge in [-0.3, -0.25) is 0 Å². The number of aliphatic hydroxyl groups excluding tert-OH is 1. The van der Waals surface area contributed by atoms with Crippen molar-refractivity contribution in [2.45, 2.75) is 57.2 Å². The third-order valence-electron chi connectivity index (χ3n) is 3.09. The van der Waals surface area contributed by atoms with Crippen molar-refractivity contribution in [3.63, 3.8) is 0 Å². The monoisotopic (exact) mass is 201 g/mol. The molecule has 1 aliphatic rings. The van der Waals surface area contributed by atoms with E-state index in [0.29, 0.717) is 18.2 Å². The molecule has 1 aliphatic carbocycles. The highest BCUT2D eigenvalue weighted by Crippen LogP contribution is 2.21. The molecule has 0 aromatic carbocycles. The molecule has 0 radical (unpaired) electrons. The molecule has 0 saturated heterocycles. The lowest BCUT2D eigenvalue weighted by molar-refractivity contribution is 0.0609. The Hall–Kier alpha value is -0.120. The molecule has 0 aromatic rings. The Bertz CT molecular complexity index is 144. The van der Waals surface area contributed by atoms with Crippen molar-refractivity contribution in [2.75, 3.05) is 13.7 Å². The summed E-state index contributed by atoms with van der Waals surface area (Å²) in [6.07, 6.45) is 6.06. The van der Waals surface area contributed by atoms with Gasteiger partial charge in [-0.2, -0.15) is 0 Å². The molecule has 1 atom stereocenters. The summed E-state index contributed by atoms with van der Waals surface area (Å²) in [4.78, 5) is 0. The summed E-state index contributed by atoms with van der Waals surface area (Å²) in [5, 5.41) is 12.3. The van der Waals surface area contributed by atoms with Gasteiger partial charge in [0.1, 0.15) is 0 Å². The lowest BCUT2D eigenvalue weighted by atomic mass is 9.92. The molecule has 3 nitrogen and oxygen atoms in total. The van der Waals surface area contributed by atoms with Crippen LogP contribution in [0.2, 0.25) is 0 Å².